The third-order valence-corrected chi connectivity index (χ3v) is 5.71. The van der Waals surface area contributed by atoms with E-state index in [-0.39, 0.29) is 0 Å². The van der Waals surface area contributed by atoms with Crippen LogP contribution in [0.3, 0.4) is 0 Å². The summed E-state index contributed by atoms with van der Waals surface area (Å²) in [6.45, 7) is 7.41. The van der Waals surface area contributed by atoms with E-state index in [1.54, 1.807) is 11.3 Å². The van der Waals surface area contributed by atoms with Crippen molar-refractivity contribution in [3.8, 4) is 0 Å². The van der Waals surface area contributed by atoms with Crippen LogP contribution in [0.2, 0.25) is 0 Å². The molecular formula is C18H32N4S2. The summed E-state index contributed by atoms with van der Waals surface area (Å²) in [5.41, 5.74) is 1.45. The van der Waals surface area contributed by atoms with Gasteiger partial charge in [-0.05, 0) is 67.0 Å². The van der Waals surface area contributed by atoms with Crippen LogP contribution in [0.1, 0.15) is 38.2 Å². The zero-order chi connectivity index (χ0) is 17.0. The molecule has 0 aliphatic carbocycles. The van der Waals surface area contributed by atoms with Crippen molar-refractivity contribution in [1.82, 2.24) is 15.5 Å². The Morgan fingerprint density at radius 2 is 2.21 bits per heavy atom. The van der Waals surface area contributed by atoms with E-state index in [1.807, 2.05) is 11.8 Å². The first-order valence-corrected chi connectivity index (χ1v) is 11.4. The maximum Gasteiger partial charge on any atom is 0.191 e. The molecular weight excluding hydrogens is 336 g/mol. The minimum absolute atomic E-state index is 0.549. The number of thiophene rings is 1. The standard InChI is InChI=1S/C18H32N4S2/c1-3-19-18(20-9-4-5-12-23-2)21-17-6-10-22(11-7-17)14-16-8-13-24-15-16/h8,13,15,17H,3-7,9-12,14H2,1-2H3,(H2,19,20,21). The van der Waals surface area contributed by atoms with E-state index in [9.17, 15) is 0 Å². The Morgan fingerprint density at radius 3 is 2.88 bits per heavy atom. The number of hydrogen-bond acceptors (Lipinski definition) is 4. The lowest BCUT2D eigenvalue weighted by molar-refractivity contribution is 0.198. The van der Waals surface area contributed by atoms with E-state index in [0.29, 0.717) is 6.04 Å². The van der Waals surface area contributed by atoms with Gasteiger partial charge in [0.2, 0.25) is 0 Å². The van der Waals surface area contributed by atoms with Crippen LogP contribution in [0, 0.1) is 0 Å². The molecule has 2 rings (SSSR count). The highest BCUT2D eigenvalue weighted by atomic mass is 32.2. The maximum absolute atomic E-state index is 4.73. The first-order valence-electron chi connectivity index (χ1n) is 9.09. The Morgan fingerprint density at radius 1 is 1.38 bits per heavy atom. The average Bonchev–Trinajstić information content (AvgIpc) is 3.09. The second kappa shape index (κ2) is 11.8. The van der Waals surface area contributed by atoms with Crippen LogP contribution in [-0.2, 0) is 6.54 Å². The van der Waals surface area contributed by atoms with Crippen LogP contribution in [0.5, 0.6) is 0 Å². The quantitative estimate of drug-likeness (QED) is 0.398. The zero-order valence-electron chi connectivity index (χ0n) is 15.1. The van der Waals surface area contributed by atoms with E-state index < -0.39 is 0 Å². The van der Waals surface area contributed by atoms with Gasteiger partial charge in [0.15, 0.2) is 5.96 Å². The molecule has 0 saturated carbocycles. The molecule has 0 radical (unpaired) electrons. The van der Waals surface area contributed by atoms with Gasteiger partial charge in [0.05, 0.1) is 0 Å². The monoisotopic (exact) mass is 368 g/mol. The molecule has 24 heavy (non-hydrogen) atoms. The molecule has 1 saturated heterocycles. The summed E-state index contributed by atoms with van der Waals surface area (Å²) in [7, 11) is 0. The number of likely N-dealkylation sites (tertiary alicyclic amines) is 1. The third-order valence-electron chi connectivity index (χ3n) is 4.29. The molecule has 2 heterocycles. The number of guanidine groups is 1. The summed E-state index contributed by atoms with van der Waals surface area (Å²) in [5.74, 6) is 2.24. The lowest BCUT2D eigenvalue weighted by Gasteiger charge is -2.33. The largest absolute Gasteiger partial charge is 0.357 e. The van der Waals surface area contributed by atoms with E-state index in [4.69, 9.17) is 4.99 Å². The molecule has 1 fully saturated rings. The van der Waals surface area contributed by atoms with Crippen LogP contribution in [0.15, 0.2) is 21.8 Å². The number of rotatable bonds is 9. The van der Waals surface area contributed by atoms with Crippen molar-refractivity contribution >= 4 is 29.1 Å². The normalized spacial score (nSPS) is 17.2. The van der Waals surface area contributed by atoms with E-state index in [2.05, 4.69) is 45.5 Å². The molecule has 6 heteroatoms. The van der Waals surface area contributed by atoms with Gasteiger partial charge in [0.1, 0.15) is 0 Å². The molecule has 0 spiro atoms. The Kier molecular flexibility index (Phi) is 9.61. The molecule has 0 unspecified atom stereocenters. The number of unbranched alkanes of at least 4 members (excludes halogenated alkanes) is 1. The van der Waals surface area contributed by atoms with Crippen LogP contribution in [0.4, 0.5) is 0 Å². The Balaban J connectivity index is 1.69. The second-order valence-electron chi connectivity index (χ2n) is 6.29. The van der Waals surface area contributed by atoms with Gasteiger partial charge in [0.25, 0.3) is 0 Å². The summed E-state index contributed by atoms with van der Waals surface area (Å²) < 4.78 is 0. The van der Waals surface area contributed by atoms with Gasteiger partial charge in [-0.25, -0.2) is 0 Å². The number of piperidine rings is 1. The van der Waals surface area contributed by atoms with Crippen molar-refractivity contribution in [1.29, 1.82) is 0 Å². The van der Waals surface area contributed by atoms with Crippen LogP contribution in [0.25, 0.3) is 0 Å². The number of nitrogens with zero attached hydrogens (tertiary/aromatic N) is 2. The third kappa shape index (κ3) is 7.45. The predicted octanol–water partition coefficient (Wildman–Crippen LogP) is 3.41. The van der Waals surface area contributed by atoms with E-state index in [0.717, 1.165) is 25.6 Å². The molecule has 0 atom stereocenters. The number of aliphatic imine (C=N–C) groups is 1. The number of thioether (sulfide) groups is 1. The van der Waals surface area contributed by atoms with Gasteiger partial charge in [-0.2, -0.15) is 23.1 Å². The van der Waals surface area contributed by atoms with Gasteiger partial charge in [-0.1, -0.05) is 0 Å². The summed E-state index contributed by atoms with van der Waals surface area (Å²) in [5, 5.41) is 11.5. The molecule has 136 valence electrons. The van der Waals surface area contributed by atoms with Crippen molar-refractivity contribution in [2.24, 2.45) is 4.99 Å². The van der Waals surface area contributed by atoms with E-state index in [1.165, 1.54) is 50.1 Å². The highest BCUT2D eigenvalue weighted by Gasteiger charge is 2.20. The van der Waals surface area contributed by atoms with E-state index >= 15 is 0 Å². The topological polar surface area (TPSA) is 39.7 Å². The van der Waals surface area contributed by atoms with Gasteiger partial charge in [-0.3, -0.25) is 9.89 Å². The fourth-order valence-corrected chi connectivity index (χ4v) is 4.09. The molecule has 0 amide bonds. The maximum atomic E-state index is 4.73. The molecule has 1 aliphatic heterocycles. The summed E-state index contributed by atoms with van der Waals surface area (Å²) in [6.07, 6.45) is 6.99. The molecule has 1 aromatic heterocycles. The van der Waals surface area contributed by atoms with Crippen molar-refractivity contribution < 1.29 is 0 Å². The van der Waals surface area contributed by atoms with Crippen molar-refractivity contribution in [3.05, 3.63) is 22.4 Å². The summed E-state index contributed by atoms with van der Waals surface area (Å²) >= 11 is 3.71. The van der Waals surface area contributed by atoms with Crippen molar-refractivity contribution in [2.45, 2.75) is 45.2 Å². The van der Waals surface area contributed by atoms with Crippen molar-refractivity contribution in [2.75, 3.05) is 38.2 Å². The SMILES string of the molecule is CCNC(=NCCCCSC)NC1CCN(Cc2ccsc2)CC1. The fourth-order valence-electron chi connectivity index (χ4n) is 2.94. The van der Waals surface area contributed by atoms with Crippen molar-refractivity contribution in [3.63, 3.8) is 0 Å². The first-order chi connectivity index (χ1) is 11.8. The van der Waals surface area contributed by atoms with Gasteiger partial charge >= 0.3 is 0 Å². The Bertz CT molecular complexity index is 454. The molecule has 4 nitrogen and oxygen atoms in total. The number of nitrogens with one attached hydrogen (secondary N) is 2. The minimum atomic E-state index is 0.549. The van der Waals surface area contributed by atoms with Gasteiger partial charge < -0.3 is 10.6 Å². The molecule has 0 bridgehead atoms. The lowest BCUT2D eigenvalue weighted by Crippen LogP contribution is -2.48. The second-order valence-corrected chi connectivity index (χ2v) is 8.05. The molecule has 2 N–H and O–H groups in total. The molecule has 1 aliphatic rings. The number of hydrogen-bond donors (Lipinski definition) is 2. The average molecular weight is 369 g/mol. The van der Waals surface area contributed by atoms with Gasteiger partial charge in [-0.15, -0.1) is 0 Å². The Labute approximate surface area is 155 Å². The highest BCUT2D eigenvalue weighted by Crippen LogP contribution is 2.15. The summed E-state index contributed by atoms with van der Waals surface area (Å²) in [4.78, 5) is 7.29. The highest BCUT2D eigenvalue weighted by molar-refractivity contribution is 7.98. The van der Waals surface area contributed by atoms with Crippen LogP contribution < -0.4 is 10.6 Å². The lowest BCUT2D eigenvalue weighted by atomic mass is 10.0. The Hall–Kier alpha value is -0.720. The van der Waals surface area contributed by atoms with Crippen LogP contribution in [-0.4, -0.2) is 55.1 Å². The minimum Gasteiger partial charge on any atom is -0.357 e. The zero-order valence-corrected chi connectivity index (χ0v) is 16.7. The molecule has 0 aromatic carbocycles. The first kappa shape index (κ1) is 19.6. The predicted molar refractivity (Wildman–Crippen MR) is 109 cm³/mol. The summed E-state index contributed by atoms with van der Waals surface area (Å²) in [6, 6.07) is 2.79. The van der Waals surface area contributed by atoms with Gasteiger partial charge in [0, 0.05) is 38.8 Å². The smallest absolute Gasteiger partial charge is 0.191 e. The fraction of sp³-hybridized carbons (Fsp3) is 0.722. The van der Waals surface area contributed by atoms with Crippen LogP contribution >= 0.6 is 23.1 Å². The molecule has 1 aromatic rings.